The van der Waals surface area contributed by atoms with Gasteiger partial charge in [0.15, 0.2) is 0 Å². The molecule has 26 heavy (non-hydrogen) atoms. The number of benzene rings is 1. The Morgan fingerprint density at radius 2 is 2.19 bits per heavy atom. The van der Waals surface area contributed by atoms with E-state index in [0.717, 1.165) is 43.9 Å². The molecule has 0 radical (unpaired) electrons. The molecular weight excluding hydrogens is 331 g/mol. The molecule has 0 N–H and O–H groups in total. The van der Waals surface area contributed by atoms with Crippen LogP contribution in [-0.2, 0) is 13.0 Å². The van der Waals surface area contributed by atoms with E-state index < -0.39 is 0 Å². The number of rotatable bonds is 2. The maximum Gasteiger partial charge on any atom is 0.253 e. The number of aromatic nitrogens is 2. The highest BCUT2D eigenvalue weighted by Gasteiger charge is 2.28. The van der Waals surface area contributed by atoms with Gasteiger partial charge in [0.25, 0.3) is 5.91 Å². The van der Waals surface area contributed by atoms with E-state index >= 15 is 0 Å². The predicted octanol–water partition coefficient (Wildman–Crippen LogP) is 2.62. The van der Waals surface area contributed by atoms with E-state index in [1.54, 1.807) is 17.0 Å². The van der Waals surface area contributed by atoms with Crippen LogP contribution in [0.5, 0.6) is 0 Å². The predicted molar refractivity (Wildman–Crippen MR) is 96.3 cm³/mol. The van der Waals surface area contributed by atoms with Crippen LogP contribution in [0.1, 0.15) is 46.2 Å². The lowest BCUT2D eigenvalue weighted by Crippen LogP contribution is -2.39. The normalized spacial score (nSPS) is 20.7. The number of piperidine rings is 1. The second-order valence-corrected chi connectivity index (χ2v) is 7.29. The molecule has 5 nitrogen and oxygen atoms in total. The van der Waals surface area contributed by atoms with Crippen molar-refractivity contribution in [3.8, 4) is 0 Å². The molecule has 1 atom stereocenters. The van der Waals surface area contributed by atoms with Crippen molar-refractivity contribution < 1.29 is 9.18 Å². The van der Waals surface area contributed by atoms with Crippen LogP contribution >= 0.6 is 0 Å². The number of likely N-dealkylation sites (tertiary alicyclic amines) is 1. The number of hydrogen-bond donors (Lipinski definition) is 0. The van der Waals surface area contributed by atoms with Crippen LogP contribution in [0.3, 0.4) is 0 Å². The Labute approximate surface area is 152 Å². The van der Waals surface area contributed by atoms with E-state index in [9.17, 15) is 9.18 Å². The molecule has 136 valence electrons. The number of halogens is 1. The number of carbonyl (C=O) groups is 1. The molecule has 1 aromatic carbocycles. The number of nitrogens with zero attached hydrogens (tertiary/aromatic N) is 4. The highest BCUT2D eigenvalue weighted by Crippen LogP contribution is 2.27. The number of hydrogen-bond acceptors (Lipinski definition) is 4. The maximum absolute atomic E-state index is 13.4. The van der Waals surface area contributed by atoms with Crippen molar-refractivity contribution in [2.75, 3.05) is 26.7 Å². The van der Waals surface area contributed by atoms with Crippen LogP contribution in [0.2, 0.25) is 0 Å². The van der Waals surface area contributed by atoms with Crippen LogP contribution in [-0.4, -0.2) is 52.4 Å². The first-order valence-corrected chi connectivity index (χ1v) is 9.18. The number of fused-ring (bicyclic) bond motifs is 1. The van der Waals surface area contributed by atoms with E-state index in [-0.39, 0.29) is 17.6 Å². The van der Waals surface area contributed by atoms with Crippen LogP contribution in [0.15, 0.2) is 30.5 Å². The number of amides is 1. The highest BCUT2D eigenvalue weighted by molar-refractivity contribution is 5.94. The average Bonchev–Trinajstić information content (AvgIpc) is 2.67. The van der Waals surface area contributed by atoms with Crippen molar-refractivity contribution in [1.29, 1.82) is 0 Å². The molecule has 0 aliphatic carbocycles. The Bertz CT molecular complexity index is 825. The van der Waals surface area contributed by atoms with E-state index in [4.69, 9.17) is 4.98 Å². The molecule has 3 heterocycles. The standard InChI is InChI=1S/C20H23FN4O/c1-24-9-7-18-16(12-24)11-22-19(23-18)15-5-3-8-25(13-15)20(26)14-4-2-6-17(21)10-14/h2,4,6,10-11,15H,3,5,7-9,12-13H2,1H3/t15-/m1/s1. The lowest BCUT2D eigenvalue weighted by molar-refractivity contribution is 0.0704. The molecule has 1 saturated heterocycles. The molecule has 0 saturated carbocycles. The summed E-state index contributed by atoms with van der Waals surface area (Å²) in [6, 6.07) is 5.90. The molecular formula is C20H23FN4O. The van der Waals surface area contributed by atoms with Crippen molar-refractivity contribution in [1.82, 2.24) is 19.8 Å². The largest absolute Gasteiger partial charge is 0.338 e. The molecule has 1 aromatic heterocycles. The molecule has 1 amide bonds. The first-order valence-electron chi connectivity index (χ1n) is 9.18. The fourth-order valence-electron chi connectivity index (χ4n) is 3.85. The summed E-state index contributed by atoms with van der Waals surface area (Å²) in [6.07, 6.45) is 4.78. The summed E-state index contributed by atoms with van der Waals surface area (Å²) in [5, 5.41) is 0. The second-order valence-electron chi connectivity index (χ2n) is 7.29. The zero-order chi connectivity index (χ0) is 18.1. The molecule has 0 bridgehead atoms. The van der Waals surface area contributed by atoms with Crippen molar-refractivity contribution in [3.63, 3.8) is 0 Å². The summed E-state index contributed by atoms with van der Waals surface area (Å²) < 4.78 is 13.4. The third-order valence-electron chi connectivity index (χ3n) is 5.29. The summed E-state index contributed by atoms with van der Waals surface area (Å²) >= 11 is 0. The molecule has 4 rings (SSSR count). The zero-order valence-electron chi connectivity index (χ0n) is 15.0. The number of carbonyl (C=O) groups excluding carboxylic acids is 1. The first-order chi connectivity index (χ1) is 12.6. The Morgan fingerprint density at radius 1 is 1.31 bits per heavy atom. The van der Waals surface area contributed by atoms with Gasteiger partial charge in [0, 0.05) is 61.5 Å². The van der Waals surface area contributed by atoms with Gasteiger partial charge in [-0.15, -0.1) is 0 Å². The van der Waals surface area contributed by atoms with Gasteiger partial charge in [0.1, 0.15) is 11.6 Å². The minimum Gasteiger partial charge on any atom is -0.338 e. The molecule has 0 spiro atoms. The van der Waals surface area contributed by atoms with Crippen molar-refractivity contribution in [3.05, 3.63) is 58.9 Å². The fraction of sp³-hybridized carbons (Fsp3) is 0.450. The summed E-state index contributed by atoms with van der Waals surface area (Å²) in [7, 11) is 2.11. The monoisotopic (exact) mass is 354 g/mol. The molecule has 2 aliphatic rings. The minimum atomic E-state index is -0.382. The van der Waals surface area contributed by atoms with E-state index in [1.165, 1.54) is 17.7 Å². The van der Waals surface area contributed by atoms with Gasteiger partial charge in [0.05, 0.1) is 0 Å². The van der Waals surface area contributed by atoms with E-state index in [1.807, 2.05) is 6.20 Å². The molecule has 6 heteroatoms. The fourth-order valence-corrected chi connectivity index (χ4v) is 3.85. The minimum absolute atomic E-state index is 0.117. The summed E-state index contributed by atoms with van der Waals surface area (Å²) in [5.74, 6) is 0.484. The van der Waals surface area contributed by atoms with Crippen molar-refractivity contribution in [2.24, 2.45) is 0 Å². The Kier molecular flexibility index (Phi) is 4.68. The first kappa shape index (κ1) is 17.1. The van der Waals surface area contributed by atoms with Crippen molar-refractivity contribution in [2.45, 2.75) is 31.7 Å². The zero-order valence-corrected chi connectivity index (χ0v) is 15.0. The van der Waals surface area contributed by atoms with Gasteiger partial charge in [-0.25, -0.2) is 14.4 Å². The highest BCUT2D eigenvalue weighted by atomic mass is 19.1. The molecule has 2 aromatic rings. The lowest BCUT2D eigenvalue weighted by Gasteiger charge is -2.32. The van der Waals surface area contributed by atoms with Crippen LogP contribution in [0.4, 0.5) is 4.39 Å². The summed E-state index contributed by atoms with van der Waals surface area (Å²) in [5.41, 5.74) is 2.74. The van der Waals surface area contributed by atoms with Crippen LogP contribution < -0.4 is 0 Å². The topological polar surface area (TPSA) is 49.3 Å². The van der Waals surface area contributed by atoms with Gasteiger partial charge in [-0.1, -0.05) is 6.07 Å². The third-order valence-corrected chi connectivity index (χ3v) is 5.29. The van der Waals surface area contributed by atoms with Crippen LogP contribution in [0, 0.1) is 5.82 Å². The van der Waals surface area contributed by atoms with Gasteiger partial charge in [-0.3, -0.25) is 4.79 Å². The third kappa shape index (κ3) is 3.46. The quantitative estimate of drug-likeness (QED) is 0.832. The Balaban J connectivity index is 1.51. The van der Waals surface area contributed by atoms with E-state index in [2.05, 4.69) is 16.9 Å². The van der Waals surface area contributed by atoms with Gasteiger partial charge in [-0.2, -0.15) is 0 Å². The summed E-state index contributed by atoms with van der Waals surface area (Å²) in [6.45, 7) is 3.19. The Hall–Kier alpha value is -2.34. The summed E-state index contributed by atoms with van der Waals surface area (Å²) in [4.78, 5) is 26.2. The maximum atomic E-state index is 13.4. The van der Waals surface area contributed by atoms with Gasteiger partial charge >= 0.3 is 0 Å². The molecule has 2 aliphatic heterocycles. The smallest absolute Gasteiger partial charge is 0.253 e. The SMILES string of the molecule is CN1CCc2nc([C@@H]3CCCN(C(=O)c4cccc(F)c4)C3)ncc2C1. The van der Waals surface area contributed by atoms with Gasteiger partial charge in [-0.05, 0) is 38.1 Å². The van der Waals surface area contributed by atoms with Gasteiger partial charge < -0.3 is 9.80 Å². The number of likely N-dealkylation sites (N-methyl/N-ethyl adjacent to an activating group) is 1. The molecule has 0 unspecified atom stereocenters. The lowest BCUT2D eigenvalue weighted by atomic mass is 9.96. The second kappa shape index (κ2) is 7.11. The molecule has 1 fully saturated rings. The Morgan fingerprint density at radius 3 is 3.04 bits per heavy atom. The van der Waals surface area contributed by atoms with E-state index in [0.29, 0.717) is 18.7 Å². The average molecular weight is 354 g/mol. The van der Waals surface area contributed by atoms with Crippen LogP contribution in [0.25, 0.3) is 0 Å². The van der Waals surface area contributed by atoms with Crippen molar-refractivity contribution >= 4 is 5.91 Å². The van der Waals surface area contributed by atoms with Gasteiger partial charge in [0.2, 0.25) is 0 Å².